The zero-order chi connectivity index (χ0) is 50.4. The molecule has 8 aromatic heterocycles. The molecule has 0 fully saturated rings. The Morgan fingerprint density at radius 1 is 0.529 bits per heavy atom. The van der Waals surface area contributed by atoms with Crippen molar-refractivity contribution in [2.45, 2.75) is 134 Å². The predicted octanol–water partition coefficient (Wildman–Crippen LogP) is 1.44. The molecule has 8 rings (SSSR count). The quantitative estimate of drug-likeness (QED) is 0.0954. The number of aromatic amines is 3. The minimum atomic E-state index is -0.334. The zero-order valence-corrected chi connectivity index (χ0v) is 40.5. The van der Waals surface area contributed by atoms with Gasteiger partial charge in [-0.05, 0) is 54.4 Å². The van der Waals surface area contributed by atoms with Gasteiger partial charge in [0.05, 0.1) is 13.1 Å². The molecule has 0 bridgehead atoms. The molecule has 0 spiro atoms. The van der Waals surface area contributed by atoms with E-state index in [-0.39, 0.29) is 40.0 Å². The molecule has 0 aliphatic carbocycles. The molecule has 8 heterocycles. The lowest BCUT2D eigenvalue weighted by atomic mass is 10.2. The number of anilines is 4. The number of fused-ring (bicyclic) bond motifs is 3. The summed E-state index contributed by atoms with van der Waals surface area (Å²) in [7, 11) is 0. The second-order valence-electron chi connectivity index (χ2n) is 14.7. The van der Waals surface area contributed by atoms with Gasteiger partial charge in [0.1, 0.15) is 23.8 Å². The highest BCUT2D eigenvalue weighted by Gasteiger charge is 2.19. The van der Waals surface area contributed by atoms with Crippen molar-refractivity contribution < 1.29 is 4.57 Å². The molecule has 25 heteroatoms. The SMILES string of the molecule is CCc1cn(CC)c(=O)[nH]c1=O.CCc1cn(CC)c(=O)nc1N.CCc1nc2c(=O)[nH]c(N)nc2n1CC.CCc1nc2c(N)ncnc2n1CC.CCn1c[n+](CC)c2nc(N)[nH]c(=O)c21. The van der Waals surface area contributed by atoms with Gasteiger partial charge in [-0.2, -0.15) is 9.97 Å². The summed E-state index contributed by atoms with van der Waals surface area (Å²) in [5.74, 6) is 2.96. The van der Waals surface area contributed by atoms with Crippen LogP contribution in [0.15, 0.2) is 49.0 Å². The Bertz CT molecular complexity index is 3230. The maximum atomic E-state index is 11.7. The van der Waals surface area contributed by atoms with Crippen molar-refractivity contribution in [2.24, 2.45) is 0 Å². The maximum absolute atomic E-state index is 11.7. The average molecular weight is 942 g/mol. The highest BCUT2D eigenvalue weighted by Crippen LogP contribution is 2.18. The Morgan fingerprint density at radius 2 is 1.09 bits per heavy atom. The third-order valence-electron chi connectivity index (χ3n) is 10.7. The molecule has 0 aliphatic heterocycles. The number of hydrogen-bond acceptors (Lipinski definition) is 16. The molecule has 0 atom stereocenters. The van der Waals surface area contributed by atoms with E-state index in [1.807, 2.05) is 75.4 Å². The molecule has 0 aliphatic rings. The summed E-state index contributed by atoms with van der Waals surface area (Å²) in [5.41, 5.74) is 26.2. The first-order valence-corrected chi connectivity index (χ1v) is 22.7. The van der Waals surface area contributed by atoms with Gasteiger partial charge >= 0.3 is 17.0 Å². The first-order valence-electron chi connectivity index (χ1n) is 22.7. The molecule has 0 aromatic carbocycles. The lowest BCUT2D eigenvalue weighted by Crippen LogP contribution is -2.32. The van der Waals surface area contributed by atoms with E-state index in [1.54, 1.807) is 17.0 Å². The molecule has 0 radical (unpaired) electrons. The van der Waals surface area contributed by atoms with Crippen molar-refractivity contribution in [3.05, 3.63) is 99.9 Å². The smallest absolute Gasteiger partial charge is 0.349 e. The Balaban J connectivity index is 0.000000186. The van der Waals surface area contributed by atoms with Crippen LogP contribution < -0.4 is 55.6 Å². The van der Waals surface area contributed by atoms with Crippen molar-refractivity contribution in [3.63, 3.8) is 0 Å². The lowest BCUT2D eigenvalue weighted by Gasteiger charge is -2.05. The predicted molar refractivity (Wildman–Crippen MR) is 263 cm³/mol. The Hall–Kier alpha value is -7.99. The molecule has 8 aromatic rings. The Labute approximate surface area is 390 Å². The molecular formula is C43H65N20O5+. The minimum absolute atomic E-state index is 0.129. The van der Waals surface area contributed by atoms with Crippen molar-refractivity contribution in [1.82, 2.24) is 72.7 Å². The van der Waals surface area contributed by atoms with Gasteiger partial charge in [0.25, 0.3) is 22.6 Å². The fourth-order valence-corrected chi connectivity index (χ4v) is 7.05. The van der Waals surface area contributed by atoms with E-state index in [4.69, 9.17) is 22.9 Å². The van der Waals surface area contributed by atoms with E-state index in [2.05, 4.69) is 68.3 Å². The monoisotopic (exact) mass is 942 g/mol. The number of nitrogens with two attached hydrogens (primary N) is 4. The average Bonchev–Trinajstić information content (AvgIpc) is 4.01. The van der Waals surface area contributed by atoms with E-state index >= 15 is 0 Å². The normalized spacial score (nSPS) is 10.7. The summed E-state index contributed by atoms with van der Waals surface area (Å²) in [6.45, 7) is 24.0. The number of rotatable bonds is 10. The Kier molecular flexibility index (Phi) is 18.6. The Morgan fingerprint density at radius 3 is 1.65 bits per heavy atom. The third-order valence-corrected chi connectivity index (χ3v) is 10.7. The number of nitrogen functional groups attached to an aromatic ring is 4. The molecule has 11 N–H and O–H groups in total. The van der Waals surface area contributed by atoms with Crippen LogP contribution in [0, 0.1) is 0 Å². The van der Waals surface area contributed by atoms with Crippen LogP contribution in [0.1, 0.15) is 92.0 Å². The van der Waals surface area contributed by atoms with E-state index < -0.39 is 0 Å². The number of nitrogens with one attached hydrogen (secondary N) is 3. The van der Waals surface area contributed by atoms with Gasteiger partial charge in [0.15, 0.2) is 34.5 Å². The molecule has 68 heavy (non-hydrogen) atoms. The van der Waals surface area contributed by atoms with Crippen molar-refractivity contribution in [1.29, 1.82) is 0 Å². The number of imidazole rings is 3. The highest BCUT2D eigenvalue weighted by atomic mass is 16.2. The third kappa shape index (κ3) is 11.9. The van der Waals surface area contributed by atoms with Crippen molar-refractivity contribution in [3.8, 4) is 0 Å². The fraction of sp³-hybridized carbons (Fsp3) is 0.465. The first kappa shape index (κ1) is 52.6. The van der Waals surface area contributed by atoms with Gasteiger partial charge in [0, 0.05) is 62.5 Å². The van der Waals surface area contributed by atoms with E-state index in [1.165, 1.54) is 10.9 Å². The summed E-state index contributed by atoms with van der Waals surface area (Å²) in [5, 5.41) is 0. The highest BCUT2D eigenvalue weighted by molar-refractivity contribution is 5.81. The summed E-state index contributed by atoms with van der Waals surface area (Å²) < 4.78 is 10.8. The molecule has 25 nitrogen and oxygen atoms in total. The van der Waals surface area contributed by atoms with Crippen LogP contribution in [0.4, 0.5) is 23.5 Å². The molecule has 366 valence electrons. The summed E-state index contributed by atoms with van der Waals surface area (Å²) in [4.78, 5) is 92.4. The van der Waals surface area contributed by atoms with Gasteiger partial charge in [-0.3, -0.25) is 38.5 Å². The fourth-order valence-electron chi connectivity index (χ4n) is 7.05. The number of H-pyrrole nitrogens is 3. The molecular weight excluding hydrogens is 877 g/mol. The van der Waals surface area contributed by atoms with Crippen LogP contribution in [0.2, 0.25) is 0 Å². The van der Waals surface area contributed by atoms with Crippen LogP contribution in [0.25, 0.3) is 33.5 Å². The molecule has 0 saturated heterocycles. The van der Waals surface area contributed by atoms with Crippen molar-refractivity contribution >= 4 is 57.0 Å². The summed E-state index contributed by atoms with van der Waals surface area (Å²) >= 11 is 0. The van der Waals surface area contributed by atoms with E-state index in [0.717, 1.165) is 68.3 Å². The number of hydrogen-bond donors (Lipinski definition) is 7. The van der Waals surface area contributed by atoms with Gasteiger partial charge in [-0.1, -0.05) is 32.7 Å². The van der Waals surface area contributed by atoms with Gasteiger partial charge < -0.3 is 36.6 Å². The van der Waals surface area contributed by atoms with Crippen LogP contribution in [-0.2, 0) is 65.0 Å². The van der Waals surface area contributed by atoms with Gasteiger partial charge in [0.2, 0.25) is 11.5 Å². The van der Waals surface area contributed by atoms with E-state index in [9.17, 15) is 24.0 Å². The van der Waals surface area contributed by atoms with Crippen LogP contribution in [0.3, 0.4) is 0 Å². The largest absolute Gasteiger partial charge is 0.383 e. The molecule has 0 unspecified atom stereocenters. The second kappa shape index (κ2) is 24.0. The lowest BCUT2D eigenvalue weighted by molar-refractivity contribution is -0.670. The molecule has 0 saturated carbocycles. The zero-order valence-electron chi connectivity index (χ0n) is 40.5. The molecule has 0 amide bonds. The minimum Gasteiger partial charge on any atom is -0.383 e. The number of aryl methyl sites for hydroxylation is 10. The van der Waals surface area contributed by atoms with Crippen LogP contribution in [0.5, 0.6) is 0 Å². The topological polar surface area (TPSA) is 356 Å². The summed E-state index contributed by atoms with van der Waals surface area (Å²) in [6.07, 6.45) is 9.84. The first-order chi connectivity index (χ1) is 32.5. The standard InChI is InChI=1S/2C9H13N5O.C9H13N5.C8H13N3O.C8H12N2O2/c1-3-13-5-14(4-2)7-6(13)8(15)12-9(10)11-7;1-3-5-11-6-7(14(5)4-2)12-9(10)13-8(6)15;1-3-6-13-7-8(10)11-5-12-9(7)14(6)4-2;1-3-6-5-11(4-2)8(12)10-7(6)9;1-3-6-5-10(4-2)8(12)9-7(6)11/h5H,3-4H2,1-2H3,(H2-,10,11,12,15);3-4H2,1-2H3,(H3,10,12,13,15);5H,3-4H2,1-2H3,(H2,10,11,12);5H,3-4H2,1-2H3,(H2,9,10,12);5H,3-4H2,1-2H3,(H,9,11,12)/p+1. The van der Waals surface area contributed by atoms with Crippen LogP contribution in [-0.4, -0.2) is 72.7 Å². The number of nitrogens with zero attached hydrogens (tertiary/aromatic N) is 13. The summed E-state index contributed by atoms with van der Waals surface area (Å²) in [6, 6.07) is 0. The van der Waals surface area contributed by atoms with Gasteiger partial charge in [-0.15, -0.1) is 0 Å². The van der Waals surface area contributed by atoms with E-state index in [0.29, 0.717) is 64.6 Å². The van der Waals surface area contributed by atoms with Crippen LogP contribution >= 0.6 is 0 Å². The van der Waals surface area contributed by atoms with Crippen molar-refractivity contribution in [2.75, 3.05) is 22.9 Å². The maximum Gasteiger partial charge on any atom is 0.349 e. The van der Waals surface area contributed by atoms with Gasteiger partial charge in [-0.25, -0.2) is 34.1 Å². The second-order valence-corrected chi connectivity index (χ2v) is 14.7. The number of aromatic nitrogens is 16.